The molecule has 0 radical (unpaired) electrons. The molecule has 1 aromatic rings. The summed E-state index contributed by atoms with van der Waals surface area (Å²) in [6.45, 7) is 4.41. The summed E-state index contributed by atoms with van der Waals surface area (Å²) in [6, 6.07) is 5.15. The maximum absolute atomic E-state index is 10.4. The molecule has 1 aromatic carbocycles. The van der Waals surface area contributed by atoms with Crippen molar-refractivity contribution < 1.29 is 14.4 Å². The molecule has 0 heterocycles. The molecule has 0 saturated heterocycles. The van der Waals surface area contributed by atoms with E-state index in [9.17, 15) is 10.1 Å². The van der Waals surface area contributed by atoms with Gasteiger partial charge in [0.05, 0.1) is 29.8 Å². The van der Waals surface area contributed by atoms with Gasteiger partial charge in [-0.15, -0.1) is 0 Å². The molecule has 0 fully saturated rings. The second-order valence-electron chi connectivity index (χ2n) is 3.43. The molecule has 6 nitrogen and oxygen atoms in total. The third-order valence-corrected chi connectivity index (χ3v) is 2.23. The fourth-order valence-electron chi connectivity index (χ4n) is 1.54. The zero-order chi connectivity index (χ0) is 14.3. The van der Waals surface area contributed by atoms with Crippen LogP contribution in [0.2, 0.25) is 0 Å². The molecule has 0 saturated carbocycles. The number of nitro groups is 1. The lowest BCUT2D eigenvalue weighted by Crippen LogP contribution is -2.01. The summed E-state index contributed by atoms with van der Waals surface area (Å²) in [5, 5.41) is 19.5. The minimum Gasteiger partial charge on any atom is -0.490 e. The predicted molar refractivity (Wildman–Crippen MR) is 69.5 cm³/mol. The number of nitriles is 1. The van der Waals surface area contributed by atoms with Gasteiger partial charge in [-0.1, -0.05) is 0 Å². The van der Waals surface area contributed by atoms with E-state index in [2.05, 4.69) is 0 Å². The molecule has 0 amide bonds. The maximum atomic E-state index is 10.4. The minimum absolute atomic E-state index is 0.296. The van der Waals surface area contributed by atoms with Crippen molar-refractivity contribution in [3.05, 3.63) is 39.6 Å². The van der Waals surface area contributed by atoms with Crippen LogP contribution in [-0.4, -0.2) is 18.1 Å². The van der Waals surface area contributed by atoms with E-state index in [-0.39, 0.29) is 0 Å². The molecule has 0 spiro atoms. The molecule has 0 bridgehead atoms. The molecule has 1 rings (SSSR count). The standard InChI is InChI=1S/C13H14N2O4/c1-3-18-12-6-5-10(9-14)11(7-8-15(16)17)13(12)19-4-2/h5-8H,3-4H2,1-2H3/b8-7+. The van der Waals surface area contributed by atoms with Gasteiger partial charge in [-0.3, -0.25) is 10.1 Å². The highest BCUT2D eigenvalue weighted by Crippen LogP contribution is 2.34. The van der Waals surface area contributed by atoms with Crippen LogP contribution >= 0.6 is 0 Å². The summed E-state index contributed by atoms with van der Waals surface area (Å²) >= 11 is 0. The Morgan fingerprint density at radius 1 is 1.37 bits per heavy atom. The van der Waals surface area contributed by atoms with Gasteiger partial charge in [-0.2, -0.15) is 5.26 Å². The van der Waals surface area contributed by atoms with Crippen molar-refractivity contribution in [2.45, 2.75) is 13.8 Å². The van der Waals surface area contributed by atoms with Gasteiger partial charge in [-0.05, 0) is 26.0 Å². The average Bonchev–Trinajstić information content (AvgIpc) is 2.39. The van der Waals surface area contributed by atoms with E-state index in [1.165, 1.54) is 6.08 Å². The first-order valence-corrected chi connectivity index (χ1v) is 5.78. The second kappa shape index (κ2) is 7.01. The lowest BCUT2D eigenvalue weighted by molar-refractivity contribution is -0.400. The fourth-order valence-corrected chi connectivity index (χ4v) is 1.54. The van der Waals surface area contributed by atoms with Gasteiger partial charge in [0.2, 0.25) is 6.20 Å². The number of benzene rings is 1. The monoisotopic (exact) mass is 262 g/mol. The van der Waals surface area contributed by atoms with Crippen LogP contribution in [0.4, 0.5) is 0 Å². The molecule has 0 aliphatic carbocycles. The molecule has 0 N–H and O–H groups in total. The van der Waals surface area contributed by atoms with Crippen molar-refractivity contribution >= 4 is 6.08 Å². The van der Waals surface area contributed by atoms with Gasteiger partial charge in [0.15, 0.2) is 11.5 Å². The quantitative estimate of drug-likeness (QED) is 0.581. The van der Waals surface area contributed by atoms with Gasteiger partial charge in [0.25, 0.3) is 0 Å². The first-order chi connectivity index (χ1) is 9.13. The second-order valence-corrected chi connectivity index (χ2v) is 3.43. The first kappa shape index (κ1) is 14.5. The van der Waals surface area contributed by atoms with Gasteiger partial charge < -0.3 is 9.47 Å². The van der Waals surface area contributed by atoms with E-state index < -0.39 is 4.92 Å². The number of hydrogen-bond acceptors (Lipinski definition) is 5. The number of ether oxygens (including phenoxy) is 2. The highest BCUT2D eigenvalue weighted by molar-refractivity contribution is 5.68. The molecular weight excluding hydrogens is 248 g/mol. The van der Waals surface area contributed by atoms with Gasteiger partial charge in [0, 0.05) is 11.6 Å². The molecule has 0 aliphatic rings. The molecule has 0 aromatic heterocycles. The lowest BCUT2D eigenvalue weighted by atomic mass is 10.1. The van der Waals surface area contributed by atoms with Gasteiger partial charge in [-0.25, -0.2) is 0 Å². The molecule has 6 heteroatoms. The Morgan fingerprint density at radius 2 is 2.05 bits per heavy atom. The van der Waals surface area contributed by atoms with Crippen LogP contribution in [0.1, 0.15) is 25.0 Å². The summed E-state index contributed by atoms with van der Waals surface area (Å²) in [7, 11) is 0. The number of nitrogens with zero attached hydrogens (tertiary/aromatic N) is 2. The van der Waals surface area contributed by atoms with Crippen molar-refractivity contribution in [1.29, 1.82) is 5.26 Å². The van der Waals surface area contributed by atoms with Gasteiger partial charge >= 0.3 is 0 Å². The van der Waals surface area contributed by atoms with Gasteiger partial charge in [0.1, 0.15) is 0 Å². The Bertz CT molecular complexity index is 532. The van der Waals surface area contributed by atoms with E-state index in [4.69, 9.17) is 14.7 Å². The normalized spacial score (nSPS) is 10.2. The summed E-state index contributed by atoms with van der Waals surface area (Å²) in [4.78, 5) is 9.82. The molecule has 19 heavy (non-hydrogen) atoms. The molecular formula is C13H14N2O4. The van der Waals surface area contributed by atoms with Crippen molar-refractivity contribution in [3.63, 3.8) is 0 Å². The van der Waals surface area contributed by atoms with Crippen LogP contribution < -0.4 is 9.47 Å². The van der Waals surface area contributed by atoms with E-state index in [0.717, 1.165) is 6.20 Å². The Hall–Kier alpha value is -2.55. The zero-order valence-electron chi connectivity index (χ0n) is 10.8. The smallest absolute Gasteiger partial charge is 0.235 e. The highest BCUT2D eigenvalue weighted by Gasteiger charge is 2.14. The van der Waals surface area contributed by atoms with E-state index >= 15 is 0 Å². The van der Waals surface area contributed by atoms with E-state index in [1.807, 2.05) is 13.0 Å². The fraction of sp³-hybridized carbons (Fsp3) is 0.308. The van der Waals surface area contributed by atoms with Crippen LogP contribution in [0, 0.1) is 21.4 Å². The molecule has 0 aliphatic heterocycles. The number of rotatable bonds is 6. The molecule has 0 atom stereocenters. The van der Waals surface area contributed by atoms with E-state index in [0.29, 0.717) is 35.8 Å². The van der Waals surface area contributed by atoms with Crippen LogP contribution in [0.3, 0.4) is 0 Å². The minimum atomic E-state index is -0.593. The van der Waals surface area contributed by atoms with E-state index in [1.54, 1.807) is 19.1 Å². The van der Waals surface area contributed by atoms with Crippen molar-refractivity contribution in [1.82, 2.24) is 0 Å². The number of hydrogen-bond donors (Lipinski definition) is 0. The molecule has 100 valence electrons. The van der Waals surface area contributed by atoms with Crippen molar-refractivity contribution in [2.24, 2.45) is 0 Å². The largest absolute Gasteiger partial charge is 0.490 e. The average molecular weight is 262 g/mol. The summed E-state index contributed by atoms with van der Waals surface area (Å²) in [5.74, 6) is 0.813. The van der Waals surface area contributed by atoms with Crippen LogP contribution in [-0.2, 0) is 0 Å². The Labute approximate surface area is 111 Å². The highest BCUT2D eigenvalue weighted by atomic mass is 16.6. The zero-order valence-corrected chi connectivity index (χ0v) is 10.8. The van der Waals surface area contributed by atoms with Crippen LogP contribution in [0.25, 0.3) is 6.08 Å². The topological polar surface area (TPSA) is 85.4 Å². The summed E-state index contributed by atoms with van der Waals surface area (Å²) in [5.41, 5.74) is 0.650. The molecule has 0 unspecified atom stereocenters. The van der Waals surface area contributed by atoms with Crippen molar-refractivity contribution in [2.75, 3.05) is 13.2 Å². The summed E-state index contributed by atoms with van der Waals surface area (Å²) in [6.07, 6.45) is 2.01. The summed E-state index contributed by atoms with van der Waals surface area (Å²) < 4.78 is 10.8. The lowest BCUT2D eigenvalue weighted by Gasteiger charge is -2.14. The maximum Gasteiger partial charge on any atom is 0.235 e. The third-order valence-electron chi connectivity index (χ3n) is 2.23. The Morgan fingerprint density at radius 3 is 2.58 bits per heavy atom. The Kier molecular flexibility index (Phi) is 5.35. The van der Waals surface area contributed by atoms with Crippen LogP contribution in [0.5, 0.6) is 11.5 Å². The Balaban J connectivity index is 3.38. The van der Waals surface area contributed by atoms with Crippen LogP contribution in [0.15, 0.2) is 18.3 Å². The predicted octanol–water partition coefficient (Wildman–Crippen LogP) is 2.60. The third kappa shape index (κ3) is 3.71. The SMILES string of the molecule is CCOc1ccc(C#N)c(/C=C/[N+](=O)[O-])c1OCC. The first-order valence-electron chi connectivity index (χ1n) is 5.78. The van der Waals surface area contributed by atoms with Crippen molar-refractivity contribution in [3.8, 4) is 17.6 Å².